The van der Waals surface area contributed by atoms with Gasteiger partial charge in [0.2, 0.25) is 0 Å². The molecule has 0 aromatic heterocycles. The number of nitro groups is 1. The molecule has 10 nitrogen and oxygen atoms in total. The van der Waals surface area contributed by atoms with Gasteiger partial charge in [0.15, 0.2) is 0 Å². The van der Waals surface area contributed by atoms with Gasteiger partial charge in [0.25, 0.3) is 11.6 Å². The fraction of sp³-hybridized carbons (Fsp3) is 0.556. The van der Waals surface area contributed by atoms with Gasteiger partial charge < -0.3 is 24.6 Å². The summed E-state index contributed by atoms with van der Waals surface area (Å²) in [5.41, 5.74) is -0.0355. The van der Waals surface area contributed by atoms with Crippen LogP contribution in [0.25, 0.3) is 0 Å². The minimum absolute atomic E-state index is 0.102. The molecule has 0 aliphatic carbocycles. The summed E-state index contributed by atoms with van der Waals surface area (Å²) in [4.78, 5) is 34.2. The van der Waals surface area contributed by atoms with Crippen molar-refractivity contribution < 1.29 is 33.8 Å². The standard InChI is InChI=1S/C18H26N2O8/c1-3-26-11-14(9-10-28-12-27-4-2)16(18(22)23)19-17(21)13-5-7-15(8-6-13)20(24)25/h5-8,14,16H,3-4,9-12H2,1-2H3,(H,19,21)(H,22,23)/t14?,16-/m1/s1. The zero-order valence-electron chi connectivity index (χ0n) is 16.0. The van der Waals surface area contributed by atoms with Crippen molar-refractivity contribution in [3.8, 4) is 0 Å². The molecule has 1 rings (SSSR count). The number of nitro benzene ring substituents is 1. The maximum absolute atomic E-state index is 12.4. The second-order valence-electron chi connectivity index (χ2n) is 5.82. The summed E-state index contributed by atoms with van der Waals surface area (Å²) in [6.45, 7) is 5.00. The summed E-state index contributed by atoms with van der Waals surface area (Å²) in [5.74, 6) is -2.37. The van der Waals surface area contributed by atoms with E-state index in [9.17, 15) is 24.8 Å². The molecule has 1 amide bonds. The largest absolute Gasteiger partial charge is 0.480 e. The van der Waals surface area contributed by atoms with E-state index in [0.717, 1.165) is 0 Å². The van der Waals surface area contributed by atoms with Crippen molar-refractivity contribution in [3.05, 3.63) is 39.9 Å². The van der Waals surface area contributed by atoms with Gasteiger partial charge >= 0.3 is 5.97 Å². The zero-order chi connectivity index (χ0) is 20.9. The molecule has 2 N–H and O–H groups in total. The number of carboxylic acids is 1. The quantitative estimate of drug-likeness (QED) is 0.210. The van der Waals surface area contributed by atoms with Crippen LogP contribution in [-0.4, -0.2) is 61.2 Å². The second kappa shape index (κ2) is 12.8. The van der Waals surface area contributed by atoms with Crippen LogP contribution in [0.1, 0.15) is 30.6 Å². The molecule has 156 valence electrons. The lowest BCUT2D eigenvalue weighted by Gasteiger charge is -2.24. The molecule has 0 radical (unpaired) electrons. The van der Waals surface area contributed by atoms with Gasteiger partial charge in [0.1, 0.15) is 12.8 Å². The van der Waals surface area contributed by atoms with E-state index >= 15 is 0 Å². The fourth-order valence-corrected chi connectivity index (χ4v) is 2.39. The van der Waals surface area contributed by atoms with E-state index in [-0.39, 0.29) is 31.3 Å². The van der Waals surface area contributed by atoms with Crippen LogP contribution in [0.15, 0.2) is 24.3 Å². The number of carbonyl (C=O) groups is 2. The highest BCUT2D eigenvalue weighted by atomic mass is 16.7. The van der Waals surface area contributed by atoms with Crippen molar-refractivity contribution in [3.63, 3.8) is 0 Å². The van der Waals surface area contributed by atoms with Gasteiger partial charge in [-0.3, -0.25) is 14.9 Å². The van der Waals surface area contributed by atoms with Gasteiger partial charge in [-0.05, 0) is 32.4 Å². The third kappa shape index (κ3) is 7.99. The highest BCUT2D eigenvalue weighted by molar-refractivity contribution is 5.96. The van der Waals surface area contributed by atoms with Crippen LogP contribution in [0, 0.1) is 16.0 Å². The number of benzene rings is 1. The smallest absolute Gasteiger partial charge is 0.326 e. The minimum atomic E-state index is -1.20. The Balaban J connectivity index is 2.79. The number of nitrogens with zero attached hydrogens (tertiary/aromatic N) is 1. The van der Waals surface area contributed by atoms with E-state index in [1.807, 2.05) is 6.92 Å². The first-order valence-corrected chi connectivity index (χ1v) is 8.92. The number of carboxylic acid groups (broad SMARTS) is 1. The highest BCUT2D eigenvalue weighted by Crippen LogP contribution is 2.15. The van der Waals surface area contributed by atoms with Crippen LogP contribution in [-0.2, 0) is 19.0 Å². The van der Waals surface area contributed by atoms with Crippen molar-refractivity contribution >= 4 is 17.6 Å². The predicted octanol–water partition coefficient (Wildman–Crippen LogP) is 1.83. The lowest BCUT2D eigenvalue weighted by atomic mass is 9.96. The normalized spacial score (nSPS) is 12.9. The number of nitrogens with one attached hydrogen (secondary N) is 1. The van der Waals surface area contributed by atoms with Gasteiger partial charge in [-0.25, -0.2) is 4.79 Å². The van der Waals surface area contributed by atoms with Gasteiger partial charge in [-0.2, -0.15) is 0 Å². The molecule has 0 aliphatic heterocycles. The summed E-state index contributed by atoms with van der Waals surface area (Å²) in [6.07, 6.45) is 0.338. The number of hydrogen-bond acceptors (Lipinski definition) is 7. The Labute approximate surface area is 162 Å². The minimum Gasteiger partial charge on any atom is -0.480 e. The molecular formula is C18H26N2O8. The Kier molecular flexibility index (Phi) is 10.7. The molecular weight excluding hydrogens is 372 g/mol. The van der Waals surface area contributed by atoms with Crippen LogP contribution in [0.2, 0.25) is 0 Å². The number of amides is 1. The topological polar surface area (TPSA) is 137 Å². The summed E-state index contributed by atoms with van der Waals surface area (Å²) in [5, 5.41) is 22.7. The van der Waals surface area contributed by atoms with Crippen LogP contribution in [0.4, 0.5) is 5.69 Å². The zero-order valence-corrected chi connectivity index (χ0v) is 16.0. The second-order valence-corrected chi connectivity index (χ2v) is 5.82. The Morgan fingerprint density at radius 2 is 1.79 bits per heavy atom. The molecule has 0 spiro atoms. The Hall–Kier alpha value is -2.56. The molecule has 0 heterocycles. The number of carbonyl (C=O) groups excluding carboxylic acids is 1. The average molecular weight is 398 g/mol. The molecule has 1 aromatic rings. The number of rotatable bonds is 14. The Morgan fingerprint density at radius 3 is 2.32 bits per heavy atom. The van der Waals surface area contributed by atoms with E-state index < -0.39 is 28.8 Å². The van der Waals surface area contributed by atoms with E-state index in [0.29, 0.717) is 19.6 Å². The van der Waals surface area contributed by atoms with Crippen LogP contribution < -0.4 is 5.32 Å². The van der Waals surface area contributed by atoms with Crippen molar-refractivity contribution in [1.29, 1.82) is 0 Å². The van der Waals surface area contributed by atoms with Crippen molar-refractivity contribution in [2.24, 2.45) is 5.92 Å². The van der Waals surface area contributed by atoms with Gasteiger partial charge in [-0.15, -0.1) is 0 Å². The Bertz CT molecular complexity index is 635. The first kappa shape index (κ1) is 23.5. The summed E-state index contributed by atoms with van der Waals surface area (Å²) >= 11 is 0. The molecule has 0 saturated carbocycles. The number of ether oxygens (including phenoxy) is 3. The summed E-state index contributed by atoms with van der Waals surface area (Å²) < 4.78 is 15.7. The number of non-ortho nitro benzene ring substituents is 1. The molecule has 0 bridgehead atoms. The lowest BCUT2D eigenvalue weighted by Crippen LogP contribution is -2.47. The third-order valence-corrected chi connectivity index (χ3v) is 3.90. The van der Waals surface area contributed by atoms with Gasteiger partial charge in [0.05, 0.1) is 11.5 Å². The lowest BCUT2D eigenvalue weighted by molar-refractivity contribution is -0.384. The van der Waals surface area contributed by atoms with Crippen molar-refractivity contribution in [1.82, 2.24) is 5.32 Å². The number of hydrogen-bond donors (Lipinski definition) is 2. The third-order valence-electron chi connectivity index (χ3n) is 3.90. The Morgan fingerprint density at radius 1 is 1.14 bits per heavy atom. The molecule has 2 atom stereocenters. The maximum Gasteiger partial charge on any atom is 0.326 e. The predicted molar refractivity (Wildman–Crippen MR) is 99.0 cm³/mol. The molecule has 1 unspecified atom stereocenters. The van der Waals surface area contributed by atoms with Gasteiger partial charge in [0, 0.05) is 43.4 Å². The first-order valence-electron chi connectivity index (χ1n) is 8.92. The first-order chi connectivity index (χ1) is 13.4. The van der Waals surface area contributed by atoms with Gasteiger partial charge in [-0.1, -0.05) is 0 Å². The van der Waals surface area contributed by atoms with Crippen LogP contribution >= 0.6 is 0 Å². The fourth-order valence-electron chi connectivity index (χ4n) is 2.39. The highest BCUT2D eigenvalue weighted by Gasteiger charge is 2.30. The van der Waals surface area contributed by atoms with E-state index in [4.69, 9.17) is 14.2 Å². The molecule has 1 aromatic carbocycles. The van der Waals surface area contributed by atoms with E-state index in [1.165, 1.54) is 24.3 Å². The van der Waals surface area contributed by atoms with Crippen molar-refractivity contribution in [2.75, 3.05) is 33.2 Å². The monoisotopic (exact) mass is 398 g/mol. The SMILES string of the molecule is CCOCOCCC(COCC)[C@@H](NC(=O)c1ccc([N+](=O)[O-])cc1)C(=O)O. The van der Waals surface area contributed by atoms with Crippen molar-refractivity contribution in [2.45, 2.75) is 26.3 Å². The van der Waals surface area contributed by atoms with E-state index in [1.54, 1.807) is 6.92 Å². The molecule has 0 aliphatic rings. The van der Waals surface area contributed by atoms with Crippen LogP contribution in [0.3, 0.4) is 0 Å². The maximum atomic E-state index is 12.4. The summed E-state index contributed by atoms with van der Waals surface area (Å²) in [6, 6.07) is 3.71. The molecule has 28 heavy (non-hydrogen) atoms. The molecule has 10 heteroatoms. The molecule has 0 fully saturated rings. The average Bonchev–Trinajstić information content (AvgIpc) is 2.68. The molecule has 0 saturated heterocycles. The van der Waals surface area contributed by atoms with E-state index in [2.05, 4.69) is 5.32 Å². The van der Waals surface area contributed by atoms with Crippen LogP contribution in [0.5, 0.6) is 0 Å². The number of aliphatic carboxylic acids is 1. The summed E-state index contributed by atoms with van der Waals surface area (Å²) in [7, 11) is 0.